The number of carboxylic acid groups (broad SMARTS) is 1. The van der Waals surface area contributed by atoms with Crippen LogP contribution in [0.15, 0.2) is 12.7 Å². The zero-order chi connectivity index (χ0) is 19.1. The second kappa shape index (κ2) is 9.22. The molecule has 0 aliphatic rings. The van der Waals surface area contributed by atoms with Crippen molar-refractivity contribution in [3.63, 3.8) is 0 Å². The summed E-state index contributed by atoms with van der Waals surface area (Å²) in [5.74, 6) is -0.243. The van der Waals surface area contributed by atoms with Crippen molar-refractivity contribution >= 4 is 47.3 Å². The molecular formula is C14H18N6O5S. The summed E-state index contributed by atoms with van der Waals surface area (Å²) >= 11 is 1.30. The molecule has 0 aromatic carbocycles. The first-order valence-electron chi connectivity index (χ1n) is 7.53. The largest absolute Gasteiger partial charge is 0.480 e. The van der Waals surface area contributed by atoms with E-state index in [1.807, 2.05) is 0 Å². The van der Waals surface area contributed by atoms with E-state index in [0.717, 1.165) is 0 Å². The van der Waals surface area contributed by atoms with Crippen molar-refractivity contribution in [3.05, 3.63) is 12.7 Å². The number of carbonyl (C=O) groups excluding carboxylic acids is 2. The second-order valence-electron chi connectivity index (χ2n) is 5.23. The zero-order valence-electron chi connectivity index (χ0n) is 13.6. The maximum absolute atomic E-state index is 11.4. The third-order valence-corrected chi connectivity index (χ3v) is 4.50. The summed E-state index contributed by atoms with van der Waals surface area (Å²) < 4.78 is 6.86. The number of nitrogens with zero attached hydrogens (tertiary/aromatic N) is 4. The third kappa shape index (κ3) is 4.74. The molecule has 0 unspecified atom stereocenters. The van der Waals surface area contributed by atoms with Crippen molar-refractivity contribution in [1.29, 1.82) is 0 Å². The van der Waals surface area contributed by atoms with Gasteiger partial charge >= 0.3 is 5.97 Å². The number of aldehydes is 2. The minimum Gasteiger partial charge on any atom is -0.480 e. The molecule has 3 atom stereocenters. The number of anilines is 1. The second-order valence-corrected chi connectivity index (χ2v) is 6.38. The monoisotopic (exact) mass is 382 g/mol. The predicted molar refractivity (Wildman–Crippen MR) is 93.3 cm³/mol. The van der Waals surface area contributed by atoms with Gasteiger partial charge < -0.3 is 26.1 Å². The minimum absolute atomic E-state index is 0.163. The highest BCUT2D eigenvalue weighted by Gasteiger charge is 2.21. The van der Waals surface area contributed by atoms with E-state index in [1.165, 1.54) is 29.0 Å². The van der Waals surface area contributed by atoms with E-state index in [9.17, 15) is 14.4 Å². The molecular weight excluding hydrogens is 364 g/mol. The fraction of sp³-hybridized carbons (Fsp3) is 0.429. The number of aromatic nitrogens is 4. The van der Waals surface area contributed by atoms with Crippen molar-refractivity contribution < 1.29 is 24.2 Å². The van der Waals surface area contributed by atoms with Crippen LogP contribution >= 0.6 is 11.8 Å². The molecule has 140 valence electrons. The Morgan fingerprint density at radius 1 is 1.35 bits per heavy atom. The number of aliphatic carboxylic acids is 1. The van der Waals surface area contributed by atoms with Crippen LogP contribution in [0.1, 0.15) is 12.6 Å². The lowest BCUT2D eigenvalue weighted by atomic mass is 10.2. The van der Waals surface area contributed by atoms with Gasteiger partial charge in [-0.3, -0.25) is 14.2 Å². The number of ether oxygens (including phenoxy) is 1. The predicted octanol–water partition coefficient (Wildman–Crippen LogP) is -0.775. The van der Waals surface area contributed by atoms with E-state index >= 15 is 0 Å². The Morgan fingerprint density at radius 3 is 2.77 bits per heavy atom. The van der Waals surface area contributed by atoms with Crippen molar-refractivity contribution in [2.45, 2.75) is 24.8 Å². The first-order valence-corrected chi connectivity index (χ1v) is 8.68. The van der Waals surface area contributed by atoms with E-state index in [-0.39, 0.29) is 18.0 Å². The quantitative estimate of drug-likeness (QED) is 0.328. The van der Waals surface area contributed by atoms with E-state index in [4.69, 9.17) is 21.3 Å². The van der Waals surface area contributed by atoms with Gasteiger partial charge in [0.05, 0.1) is 6.33 Å². The molecule has 5 N–H and O–H groups in total. The zero-order valence-corrected chi connectivity index (χ0v) is 14.4. The van der Waals surface area contributed by atoms with Gasteiger partial charge in [-0.15, -0.1) is 0 Å². The summed E-state index contributed by atoms with van der Waals surface area (Å²) in [5, 5.41) is 8.72. The number of hydrogen-bond acceptors (Lipinski definition) is 10. The number of hydrogen-bond donors (Lipinski definition) is 3. The topological polar surface area (TPSA) is 176 Å². The first kappa shape index (κ1) is 19.8. The molecule has 0 radical (unpaired) electrons. The summed E-state index contributed by atoms with van der Waals surface area (Å²) in [6.45, 7) is 0. The number of rotatable bonds is 11. The summed E-state index contributed by atoms with van der Waals surface area (Å²) in [6.07, 6.45) is 1.90. The van der Waals surface area contributed by atoms with Gasteiger partial charge in [-0.25, -0.2) is 15.0 Å². The molecule has 2 aromatic heterocycles. The van der Waals surface area contributed by atoms with Crippen LogP contribution in [0.4, 0.5) is 5.82 Å². The number of nitrogens with two attached hydrogens (primary N) is 2. The maximum atomic E-state index is 11.4. The summed E-state index contributed by atoms with van der Waals surface area (Å²) in [5.41, 5.74) is 11.7. The molecule has 0 spiro atoms. The lowest BCUT2D eigenvalue weighted by Gasteiger charge is -2.18. The minimum atomic E-state index is -1.12. The van der Waals surface area contributed by atoms with Crippen LogP contribution in [0.2, 0.25) is 0 Å². The van der Waals surface area contributed by atoms with Gasteiger partial charge in [0.15, 0.2) is 24.0 Å². The molecule has 0 aliphatic heterocycles. The maximum Gasteiger partial charge on any atom is 0.320 e. The highest BCUT2D eigenvalue weighted by Crippen LogP contribution is 2.20. The molecule has 0 saturated carbocycles. The summed E-state index contributed by atoms with van der Waals surface area (Å²) in [4.78, 5) is 45.2. The van der Waals surface area contributed by atoms with E-state index in [0.29, 0.717) is 29.5 Å². The fourth-order valence-corrected chi connectivity index (χ4v) is 3.02. The van der Waals surface area contributed by atoms with E-state index in [1.54, 1.807) is 0 Å². The van der Waals surface area contributed by atoms with Crippen LogP contribution in [-0.4, -0.2) is 66.8 Å². The normalized spacial score (nSPS) is 14.7. The standard InChI is InChI=1S/C14H18N6O5S/c15-9(14(23)24)1-2-26-5-8(3-21)25-10(4-22)20-7-19-11-12(16)17-6-18-13(11)20/h3-4,6-10H,1-2,5,15H2,(H,23,24)(H2,16,17,18)/t8-,9-,10+/m0/s1. The number of imidazole rings is 1. The molecule has 26 heavy (non-hydrogen) atoms. The van der Waals surface area contributed by atoms with Crippen LogP contribution in [0, 0.1) is 0 Å². The Morgan fingerprint density at radius 2 is 2.12 bits per heavy atom. The highest BCUT2D eigenvalue weighted by molar-refractivity contribution is 7.99. The Balaban J connectivity index is 1.98. The average Bonchev–Trinajstić information content (AvgIpc) is 3.06. The van der Waals surface area contributed by atoms with Crippen molar-refractivity contribution in [2.75, 3.05) is 17.2 Å². The van der Waals surface area contributed by atoms with Crippen LogP contribution < -0.4 is 11.5 Å². The molecule has 0 saturated heterocycles. The Kier molecular flexibility index (Phi) is 7.00. The van der Waals surface area contributed by atoms with Gasteiger partial charge in [-0.05, 0) is 12.2 Å². The van der Waals surface area contributed by atoms with Crippen molar-refractivity contribution in [2.24, 2.45) is 5.73 Å². The van der Waals surface area contributed by atoms with Crippen LogP contribution in [0.5, 0.6) is 0 Å². The number of carboxylic acids is 1. The van der Waals surface area contributed by atoms with E-state index in [2.05, 4.69) is 15.0 Å². The molecule has 0 aliphatic carbocycles. The summed E-state index contributed by atoms with van der Waals surface area (Å²) in [6, 6.07) is -0.955. The van der Waals surface area contributed by atoms with Gasteiger partial charge in [-0.1, -0.05) is 0 Å². The van der Waals surface area contributed by atoms with E-state index < -0.39 is 24.3 Å². The fourth-order valence-electron chi connectivity index (χ4n) is 2.04. The Hall–Kier alpha value is -2.57. The van der Waals surface area contributed by atoms with Gasteiger partial charge in [0, 0.05) is 5.75 Å². The smallest absolute Gasteiger partial charge is 0.320 e. The summed E-state index contributed by atoms with van der Waals surface area (Å²) in [7, 11) is 0. The average molecular weight is 382 g/mol. The van der Waals surface area contributed by atoms with Gasteiger partial charge in [0.2, 0.25) is 0 Å². The number of thioether (sulfide) groups is 1. The number of nitrogen functional groups attached to an aromatic ring is 1. The molecule has 2 rings (SSSR count). The molecule has 0 amide bonds. The van der Waals surface area contributed by atoms with Gasteiger partial charge in [0.1, 0.15) is 30.3 Å². The van der Waals surface area contributed by atoms with Crippen molar-refractivity contribution in [1.82, 2.24) is 19.5 Å². The highest BCUT2D eigenvalue weighted by atomic mass is 32.2. The molecule has 2 aromatic rings. The molecule has 12 heteroatoms. The van der Waals surface area contributed by atoms with Crippen LogP contribution in [0.3, 0.4) is 0 Å². The SMILES string of the molecule is Nc1ncnc2c1ncn2[C@@H](C=O)O[C@@H](C=O)CSCC[C@H](N)C(=O)O. The number of carbonyl (C=O) groups is 3. The number of fused-ring (bicyclic) bond motifs is 1. The van der Waals surface area contributed by atoms with Gasteiger partial charge in [-0.2, -0.15) is 11.8 Å². The lowest BCUT2D eigenvalue weighted by molar-refractivity contribution is -0.138. The molecule has 11 nitrogen and oxygen atoms in total. The van der Waals surface area contributed by atoms with Gasteiger partial charge in [0.25, 0.3) is 0 Å². The lowest BCUT2D eigenvalue weighted by Crippen LogP contribution is -2.31. The molecule has 2 heterocycles. The van der Waals surface area contributed by atoms with Crippen LogP contribution in [0.25, 0.3) is 11.2 Å². The molecule has 0 fully saturated rings. The van der Waals surface area contributed by atoms with Crippen LogP contribution in [-0.2, 0) is 19.1 Å². The third-order valence-electron chi connectivity index (χ3n) is 3.42. The first-order chi connectivity index (χ1) is 12.5. The Labute approximate surface area is 152 Å². The Bertz CT molecular complexity index is 784. The molecule has 0 bridgehead atoms. The van der Waals surface area contributed by atoms with Crippen molar-refractivity contribution in [3.8, 4) is 0 Å².